The topological polar surface area (TPSA) is 55.8 Å². The molecule has 2 aromatic carbocycles. The zero-order valence-electron chi connectivity index (χ0n) is 10.8. The van der Waals surface area contributed by atoms with E-state index in [4.69, 9.17) is 9.47 Å². The van der Waals surface area contributed by atoms with Crippen LogP contribution in [0.15, 0.2) is 60.7 Å². The second-order valence-corrected chi connectivity index (χ2v) is 4.10. The Morgan fingerprint density at radius 3 is 1.57 bits per heavy atom. The molecule has 2 rings (SSSR count). The van der Waals surface area contributed by atoms with Crippen LogP contribution in [0.5, 0.6) is 11.5 Å². The van der Waals surface area contributed by atoms with Gasteiger partial charge in [0.2, 0.25) is 0 Å². The lowest BCUT2D eigenvalue weighted by molar-refractivity contribution is -0.221. The molecule has 0 atom stereocenters. The van der Waals surface area contributed by atoms with Crippen LogP contribution in [0.1, 0.15) is 0 Å². The molecule has 0 aliphatic rings. The fourth-order valence-corrected chi connectivity index (χ4v) is 1.62. The molecule has 21 heavy (non-hydrogen) atoms. The summed E-state index contributed by atoms with van der Waals surface area (Å²) < 4.78 is 36.6. The van der Waals surface area contributed by atoms with Crippen LogP contribution in [0.3, 0.4) is 0 Å². The number of hydrogen-bond acceptors (Lipinski definition) is 3. The van der Waals surface area contributed by atoms with E-state index in [0.717, 1.165) is 0 Å². The summed E-state index contributed by atoms with van der Waals surface area (Å²) in [6, 6.07) is 14.9. The molecular formula is C15H12F2O4. The molecule has 0 bridgehead atoms. The molecule has 0 saturated carbocycles. The number of carboxylic acid groups (broad SMARTS) is 1. The molecule has 4 nitrogen and oxygen atoms in total. The minimum atomic E-state index is -3.39. The van der Waals surface area contributed by atoms with Gasteiger partial charge >= 0.3 is 18.2 Å². The fourth-order valence-electron chi connectivity index (χ4n) is 1.62. The Kier molecular flexibility index (Phi) is 4.37. The zero-order valence-corrected chi connectivity index (χ0v) is 10.8. The summed E-state index contributed by atoms with van der Waals surface area (Å²) in [4.78, 5) is 11.3. The average Bonchev–Trinajstić information content (AvgIpc) is 2.48. The van der Waals surface area contributed by atoms with Crippen LogP contribution in [0.25, 0.3) is 0 Å². The number of halogens is 2. The van der Waals surface area contributed by atoms with Gasteiger partial charge in [-0.3, -0.25) is 0 Å². The number of hydrogen-bond donors (Lipinski definition) is 1. The molecule has 0 aromatic heterocycles. The smallest absolute Gasteiger partial charge is 0.414 e. The van der Waals surface area contributed by atoms with E-state index in [-0.39, 0.29) is 11.5 Å². The molecule has 0 aliphatic heterocycles. The fraction of sp³-hybridized carbons (Fsp3) is 0.133. The second-order valence-electron chi connectivity index (χ2n) is 4.10. The first-order chi connectivity index (χ1) is 10.0. The summed E-state index contributed by atoms with van der Waals surface area (Å²) in [5, 5.41) is 9.19. The maximum Gasteiger partial charge on any atom is 0.414 e. The van der Waals surface area contributed by atoms with Gasteiger partial charge in [0.25, 0.3) is 0 Å². The summed E-state index contributed by atoms with van der Waals surface area (Å²) in [5.41, 5.74) is 0. The van der Waals surface area contributed by atoms with Crippen molar-refractivity contribution in [1.82, 2.24) is 0 Å². The lowest BCUT2D eigenvalue weighted by Crippen LogP contribution is -2.56. The standard InChI is InChI=1S/C15H12F2O4/c16-13(17)15(14(18)19,20-11-7-3-1-4-8-11)21-12-9-5-2-6-10-12/h1-10,13H,(H,18,19). The first kappa shape index (κ1) is 14.8. The van der Waals surface area contributed by atoms with Gasteiger partial charge in [-0.1, -0.05) is 36.4 Å². The van der Waals surface area contributed by atoms with Crippen molar-refractivity contribution in [2.45, 2.75) is 12.2 Å². The first-order valence-corrected chi connectivity index (χ1v) is 6.04. The van der Waals surface area contributed by atoms with Crippen LogP contribution in [0.4, 0.5) is 8.78 Å². The number of alkyl halides is 2. The van der Waals surface area contributed by atoms with Gasteiger partial charge in [-0.25, -0.2) is 13.6 Å². The van der Waals surface area contributed by atoms with E-state index in [2.05, 4.69) is 0 Å². The normalized spacial score (nSPS) is 11.2. The van der Waals surface area contributed by atoms with Gasteiger partial charge in [0.05, 0.1) is 0 Å². The minimum absolute atomic E-state index is 0.0314. The van der Waals surface area contributed by atoms with E-state index < -0.39 is 18.2 Å². The summed E-state index contributed by atoms with van der Waals surface area (Å²) >= 11 is 0. The molecule has 0 heterocycles. The number of aliphatic carboxylic acids is 1. The highest BCUT2D eigenvalue weighted by Crippen LogP contribution is 2.28. The molecule has 0 unspecified atom stereocenters. The Balaban J connectivity index is 2.36. The zero-order chi connectivity index (χ0) is 15.3. The molecule has 0 fully saturated rings. The van der Waals surface area contributed by atoms with E-state index in [1.807, 2.05) is 0 Å². The molecule has 0 radical (unpaired) electrons. The van der Waals surface area contributed by atoms with Crippen LogP contribution < -0.4 is 9.47 Å². The van der Waals surface area contributed by atoms with Crippen LogP contribution in [0, 0.1) is 0 Å². The third-order valence-corrected chi connectivity index (χ3v) is 2.61. The average molecular weight is 294 g/mol. The molecule has 0 amide bonds. The van der Waals surface area contributed by atoms with Crippen molar-refractivity contribution in [3.05, 3.63) is 60.7 Å². The van der Waals surface area contributed by atoms with E-state index in [1.54, 1.807) is 12.1 Å². The van der Waals surface area contributed by atoms with Crippen molar-refractivity contribution in [3.8, 4) is 11.5 Å². The highest BCUT2D eigenvalue weighted by atomic mass is 19.3. The SMILES string of the molecule is O=C(O)C(Oc1ccccc1)(Oc1ccccc1)C(F)F. The van der Waals surface area contributed by atoms with Crippen molar-refractivity contribution >= 4 is 5.97 Å². The monoisotopic (exact) mass is 294 g/mol. The molecule has 6 heteroatoms. The van der Waals surface area contributed by atoms with E-state index in [0.29, 0.717) is 0 Å². The Morgan fingerprint density at radius 1 is 0.905 bits per heavy atom. The lowest BCUT2D eigenvalue weighted by Gasteiger charge is -2.29. The number of carboxylic acids is 1. The molecule has 110 valence electrons. The van der Waals surface area contributed by atoms with Gasteiger partial charge in [-0.15, -0.1) is 0 Å². The van der Waals surface area contributed by atoms with Gasteiger partial charge in [0.1, 0.15) is 11.5 Å². The van der Waals surface area contributed by atoms with E-state index in [9.17, 15) is 18.7 Å². The predicted octanol–water partition coefficient (Wildman–Crippen LogP) is 3.19. The third kappa shape index (κ3) is 3.28. The predicted molar refractivity (Wildman–Crippen MR) is 70.5 cm³/mol. The quantitative estimate of drug-likeness (QED) is 0.831. The van der Waals surface area contributed by atoms with Crippen molar-refractivity contribution < 1.29 is 28.2 Å². The number of ether oxygens (including phenoxy) is 2. The third-order valence-electron chi connectivity index (χ3n) is 2.61. The van der Waals surface area contributed by atoms with Gasteiger partial charge < -0.3 is 14.6 Å². The van der Waals surface area contributed by atoms with Gasteiger partial charge in [0.15, 0.2) is 0 Å². The number of para-hydroxylation sites is 2. The van der Waals surface area contributed by atoms with Crippen molar-refractivity contribution in [3.63, 3.8) is 0 Å². The van der Waals surface area contributed by atoms with Crippen molar-refractivity contribution in [1.29, 1.82) is 0 Å². The summed E-state index contributed by atoms with van der Waals surface area (Å²) in [6.07, 6.45) is -3.39. The van der Waals surface area contributed by atoms with E-state index >= 15 is 0 Å². The number of carbonyl (C=O) groups is 1. The number of benzene rings is 2. The maximum absolute atomic E-state index is 13.3. The second kappa shape index (κ2) is 6.21. The summed E-state index contributed by atoms with van der Waals surface area (Å²) in [7, 11) is 0. The molecule has 0 saturated heterocycles. The molecule has 1 N–H and O–H groups in total. The van der Waals surface area contributed by atoms with E-state index in [1.165, 1.54) is 48.5 Å². The van der Waals surface area contributed by atoms with Crippen molar-refractivity contribution in [2.24, 2.45) is 0 Å². The van der Waals surface area contributed by atoms with Gasteiger partial charge in [0, 0.05) is 0 Å². The minimum Gasteiger partial charge on any atom is -0.475 e. The summed E-state index contributed by atoms with van der Waals surface area (Å²) in [6.45, 7) is 0. The Labute approximate surface area is 119 Å². The van der Waals surface area contributed by atoms with Crippen LogP contribution in [-0.2, 0) is 4.79 Å². The highest BCUT2D eigenvalue weighted by Gasteiger charge is 2.54. The Morgan fingerprint density at radius 2 is 1.29 bits per heavy atom. The molecule has 0 aliphatic carbocycles. The highest BCUT2D eigenvalue weighted by molar-refractivity contribution is 5.77. The summed E-state index contributed by atoms with van der Waals surface area (Å²) in [5.74, 6) is -5.08. The Hall–Kier alpha value is -2.63. The first-order valence-electron chi connectivity index (χ1n) is 6.04. The van der Waals surface area contributed by atoms with Crippen LogP contribution in [-0.4, -0.2) is 23.3 Å². The van der Waals surface area contributed by atoms with Gasteiger partial charge in [-0.2, -0.15) is 0 Å². The lowest BCUT2D eigenvalue weighted by atomic mass is 10.2. The molecule has 2 aromatic rings. The molecular weight excluding hydrogens is 282 g/mol. The Bertz CT molecular complexity index is 546. The maximum atomic E-state index is 13.3. The largest absolute Gasteiger partial charge is 0.475 e. The van der Waals surface area contributed by atoms with Crippen molar-refractivity contribution in [2.75, 3.05) is 0 Å². The molecule has 0 spiro atoms. The number of rotatable bonds is 6. The van der Waals surface area contributed by atoms with Crippen LogP contribution >= 0.6 is 0 Å². The van der Waals surface area contributed by atoms with Gasteiger partial charge in [-0.05, 0) is 24.3 Å². The van der Waals surface area contributed by atoms with Crippen LogP contribution in [0.2, 0.25) is 0 Å².